The number of hydrogen-bond donors (Lipinski definition) is 1. The summed E-state index contributed by atoms with van der Waals surface area (Å²) in [4.78, 5) is 14.9. The summed E-state index contributed by atoms with van der Waals surface area (Å²) in [6.45, 7) is 5.37. The molecule has 26 heavy (non-hydrogen) atoms. The number of carbonyl (C=O) groups is 1. The number of nitrogens with zero attached hydrogens (tertiary/aromatic N) is 1. The number of carbonyl (C=O) groups excluding carboxylic acids is 1. The highest BCUT2D eigenvalue weighted by Gasteiger charge is 2.12. The Morgan fingerprint density at radius 3 is 2.42 bits per heavy atom. The average Bonchev–Trinajstić information content (AvgIpc) is 2.68. The third-order valence-corrected chi connectivity index (χ3v) is 5.75. The van der Waals surface area contributed by atoms with Crippen molar-refractivity contribution in [2.45, 2.75) is 32.4 Å². The highest BCUT2D eigenvalue weighted by molar-refractivity contribution is 7.99. The van der Waals surface area contributed by atoms with Gasteiger partial charge in [0.05, 0.1) is 0 Å². The van der Waals surface area contributed by atoms with Crippen molar-refractivity contribution in [2.24, 2.45) is 0 Å². The van der Waals surface area contributed by atoms with Crippen LogP contribution in [0.2, 0.25) is 0 Å². The van der Waals surface area contributed by atoms with Gasteiger partial charge in [-0.05, 0) is 43.0 Å². The van der Waals surface area contributed by atoms with Gasteiger partial charge in [-0.25, -0.2) is 0 Å². The second-order valence-corrected chi connectivity index (χ2v) is 8.21. The van der Waals surface area contributed by atoms with Gasteiger partial charge in [-0.15, -0.1) is 0 Å². The molecule has 0 saturated carbocycles. The van der Waals surface area contributed by atoms with E-state index >= 15 is 0 Å². The van der Waals surface area contributed by atoms with E-state index in [0.29, 0.717) is 0 Å². The number of hydrogen-bond acceptors (Lipinski definition) is 3. The van der Waals surface area contributed by atoms with E-state index in [9.17, 15) is 4.79 Å². The minimum absolute atomic E-state index is 0.0199. The Kier molecular flexibility index (Phi) is 7.15. The second kappa shape index (κ2) is 9.79. The maximum absolute atomic E-state index is 12.4. The molecule has 1 heterocycles. The highest BCUT2D eigenvalue weighted by atomic mass is 32.2. The first-order valence-electron chi connectivity index (χ1n) is 9.44. The monoisotopic (exact) mass is 368 g/mol. The number of thioether (sulfide) groups is 1. The minimum atomic E-state index is 0.0199. The zero-order valence-corrected chi connectivity index (χ0v) is 16.3. The number of aryl methyl sites for hydroxylation is 1. The molecule has 0 spiro atoms. The lowest BCUT2D eigenvalue weighted by molar-refractivity contribution is 0.0938. The summed E-state index contributed by atoms with van der Waals surface area (Å²) in [6.07, 6.45) is 1.93. The molecule has 0 unspecified atom stereocenters. The van der Waals surface area contributed by atoms with Crippen molar-refractivity contribution >= 4 is 17.7 Å². The van der Waals surface area contributed by atoms with Crippen LogP contribution in [-0.4, -0.2) is 41.4 Å². The molecule has 0 radical (unpaired) electrons. The zero-order chi connectivity index (χ0) is 18.2. The van der Waals surface area contributed by atoms with E-state index in [1.165, 1.54) is 22.6 Å². The van der Waals surface area contributed by atoms with Gasteiger partial charge in [0.25, 0.3) is 5.91 Å². The van der Waals surface area contributed by atoms with Crippen LogP contribution in [0.4, 0.5) is 0 Å². The van der Waals surface area contributed by atoms with Gasteiger partial charge in [0.1, 0.15) is 0 Å². The molecule has 1 amide bonds. The van der Waals surface area contributed by atoms with E-state index in [0.717, 1.165) is 38.0 Å². The Balaban J connectivity index is 1.46. The number of benzene rings is 2. The van der Waals surface area contributed by atoms with Crippen molar-refractivity contribution in [2.75, 3.05) is 24.6 Å². The minimum Gasteiger partial charge on any atom is -0.350 e. The van der Waals surface area contributed by atoms with Crippen molar-refractivity contribution in [3.05, 3.63) is 71.3 Å². The molecule has 3 rings (SSSR count). The van der Waals surface area contributed by atoms with Crippen LogP contribution in [0.3, 0.4) is 0 Å². The second-order valence-electron chi connectivity index (χ2n) is 6.98. The molecule has 2 aromatic rings. The third kappa shape index (κ3) is 5.89. The van der Waals surface area contributed by atoms with Crippen molar-refractivity contribution < 1.29 is 4.79 Å². The number of rotatable bonds is 7. The molecule has 2 aromatic carbocycles. The molecular weight excluding hydrogens is 340 g/mol. The summed E-state index contributed by atoms with van der Waals surface area (Å²) < 4.78 is 0. The van der Waals surface area contributed by atoms with Gasteiger partial charge in [-0.1, -0.05) is 42.5 Å². The molecule has 1 saturated heterocycles. The lowest BCUT2D eigenvalue weighted by Crippen LogP contribution is -2.33. The summed E-state index contributed by atoms with van der Waals surface area (Å²) in [5.41, 5.74) is 3.34. The third-order valence-electron chi connectivity index (χ3n) is 4.81. The quantitative estimate of drug-likeness (QED) is 0.802. The molecule has 4 heteroatoms. The molecule has 0 aromatic heterocycles. The Bertz CT molecular complexity index is 681. The molecule has 3 nitrogen and oxygen atoms in total. The summed E-state index contributed by atoms with van der Waals surface area (Å²) >= 11 is 2.03. The van der Waals surface area contributed by atoms with E-state index in [2.05, 4.69) is 53.5 Å². The van der Waals surface area contributed by atoms with Crippen LogP contribution >= 0.6 is 11.8 Å². The Labute approximate surface area is 161 Å². The molecule has 138 valence electrons. The van der Waals surface area contributed by atoms with Crippen LogP contribution in [0, 0.1) is 0 Å². The van der Waals surface area contributed by atoms with Gasteiger partial charge in [0, 0.05) is 42.7 Å². The molecule has 1 aliphatic rings. The van der Waals surface area contributed by atoms with Crippen molar-refractivity contribution in [1.82, 2.24) is 10.2 Å². The first kappa shape index (κ1) is 19.0. The highest BCUT2D eigenvalue weighted by Crippen LogP contribution is 2.14. The fourth-order valence-corrected chi connectivity index (χ4v) is 4.16. The maximum atomic E-state index is 12.4. The van der Waals surface area contributed by atoms with E-state index in [-0.39, 0.29) is 11.9 Å². The van der Waals surface area contributed by atoms with Crippen LogP contribution in [0.15, 0.2) is 54.6 Å². The fourth-order valence-electron chi connectivity index (χ4n) is 3.19. The lowest BCUT2D eigenvalue weighted by Gasteiger charge is -2.26. The van der Waals surface area contributed by atoms with Crippen molar-refractivity contribution in [3.63, 3.8) is 0 Å². The number of nitrogens with one attached hydrogen (secondary N) is 1. The molecule has 1 aliphatic heterocycles. The van der Waals surface area contributed by atoms with Crippen LogP contribution in [0.1, 0.15) is 34.8 Å². The van der Waals surface area contributed by atoms with Crippen molar-refractivity contribution in [1.29, 1.82) is 0 Å². The van der Waals surface area contributed by atoms with Gasteiger partial charge in [-0.3, -0.25) is 9.69 Å². The van der Waals surface area contributed by atoms with Crippen molar-refractivity contribution in [3.8, 4) is 0 Å². The fraction of sp³-hybridized carbons (Fsp3) is 0.409. The molecular formula is C22H28N2OS. The molecule has 0 aliphatic carbocycles. The summed E-state index contributed by atoms with van der Waals surface area (Å²) in [5, 5.41) is 3.12. The lowest BCUT2D eigenvalue weighted by atomic mass is 10.1. The van der Waals surface area contributed by atoms with Crippen LogP contribution < -0.4 is 5.32 Å². The number of amides is 1. The first-order valence-corrected chi connectivity index (χ1v) is 10.6. The van der Waals surface area contributed by atoms with Crippen LogP contribution in [-0.2, 0) is 13.0 Å². The van der Waals surface area contributed by atoms with E-state index < -0.39 is 0 Å². The van der Waals surface area contributed by atoms with Gasteiger partial charge >= 0.3 is 0 Å². The van der Waals surface area contributed by atoms with Gasteiger partial charge in [0.15, 0.2) is 0 Å². The van der Waals surface area contributed by atoms with Crippen LogP contribution in [0.5, 0.6) is 0 Å². The Morgan fingerprint density at radius 1 is 1.04 bits per heavy atom. The van der Waals surface area contributed by atoms with E-state index in [4.69, 9.17) is 0 Å². The normalized spacial score (nSPS) is 16.2. The summed E-state index contributed by atoms with van der Waals surface area (Å²) in [6, 6.07) is 18.7. The van der Waals surface area contributed by atoms with E-state index in [1.807, 2.05) is 30.0 Å². The SMILES string of the molecule is C[C@H](CCc1ccccc1)NC(=O)c1ccc(CN2CCSCC2)cc1. The molecule has 1 fully saturated rings. The molecule has 0 bridgehead atoms. The predicted octanol–water partition coefficient (Wildman–Crippen LogP) is 3.99. The predicted molar refractivity (Wildman–Crippen MR) is 111 cm³/mol. The first-order chi connectivity index (χ1) is 12.7. The largest absolute Gasteiger partial charge is 0.350 e. The molecule has 1 atom stereocenters. The standard InChI is InChI=1S/C22H28N2OS/c1-18(7-8-19-5-3-2-4-6-19)23-22(25)21-11-9-20(10-12-21)17-24-13-15-26-16-14-24/h2-6,9-12,18H,7-8,13-17H2,1H3,(H,23,25)/t18-/m1/s1. The topological polar surface area (TPSA) is 32.3 Å². The van der Waals surface area contributed by atoms with Gasteiger partial charge in [0.2, 0.25) is 0 Å². The summed E-state index contributed by atoms with van der Waals surface area (Å²) in [7, 11) is 0. The van der Waals surface area contributed by atoms with E-state index in [1.54, 1.807) is 0 Å². The molecule has 1 N–H and O–H groups in total. The smallest absolute Gasteiger partial charge is 0.251 e. The zero-order valence-electron chi connectivity index (χ0n) is 15.5. The maximum Gasteiger partial charge on any atom is 0.251 e. The van der Waals surface area contributed by atoms with Crippen LogP contribution in [0.25, 0.3) is 0 Å². The van der Waals surface area contributed by atoms with Gasteiger partial charge in [-0.2, -0.15) is 11.8 Å². The Hall–Kier alpha value is -1.78. The Morgan fingerprint density at radius 2 is 1.73 bits per heavy atom. The van der Waals surface area contributed by atoms with Gasteiger partial charge < -0.3 is 5.32 Å². The average molecular weight is 369 g/mol. The summed E-state index contributed by atoms with van der Waals surface area (Å²) in [5.74, 6) is 2.47.